The van der Waals surface area contributed by atoms with E-state index in [0.717, 1.165) is 36.8 Å². The topological polar surface area (TPSA) is 105 Å². The number of nitrogens with zero attached hydrogens (tertiary/aromatic N) is 4. The number of hydrazine groups is 1. The molecule has 2 N–H and O–H groups in total. The van der Waals surface area contributed by atoms with Gasteiger partial charge < -0.3 is 15.1 Å². The van der Waals surface area contributed by atoms with Gasteiger partial charge in [-0.1, -0.05) is 53.0 Å². The van der Waals surface area contributed by atoms with Gasteiger partial charge in [0.1, 0.15) is 0 Å². The molecule has 0 spiro atoms. The first-order valence-corrected chi connectivity index (χ1v) is 17.9. The average Bonchev–Trinajstić information content (AvgIpc) is 3.19. The predicted octanol–water partition coefficient (Wildman–Crippen LogP) is 5.78. The van der Waals surface area contributed by atoms with E-state index < -0.39 is 21.5 Å². The van der Waals surface area contributed by atoms with Crippen LogP contribution in [-0.4, -0.2) is 80.5 Å². The molecule has 2 bridgehead atoms. The number of anilines is 2. The maximum Gasteiger partial charge on any atom is 0.321 e. The third kappa shape index (κ3) is 5.66. The minimum absolute atomic E-state index is 0.0774. The van der Waals surface area contributed by atoms with Gasteiger partial charge >= 0.3 is 6.03 Å². The van der Waals surface area contributed by atoms with E-state index in [9.17, 15) is 13.2 Å². The van der Waals surface area contributed by atoms with E-state index in [-0.39, 0.29) is 37.7 Å². The summed E-state index contributed by atoms with van der Waals surface area (Å²) in [6.07, 6.45) is 1.79. The van der Waals surface area contributed by atoms with E-state index >= 15 is 4.79 Å². The fraction of sp³-hybridized carbons (Fsp3) is 0.375. The van der Waals surface area contributed by atoms with Crippen molar-refractivity contribution in [2.24, 2.45) is 0 Å². The molecule has 244 valence electrons. The Labute approximate surface area is 284 Å². The number of amides is 3. The summed E-state index contributed by atoms with van der Waals surface area (Å²) in [7, 11) is -4.50. The van der Waals surface area contributed by atoms with Crippen LogP contribution in [0.3, 0.4) is 0 Å². The van der Waals surface area contributed by atoms with E-state index in [1.807, 2.05) is 13.8 Å². The zero-order valence-electron chi connectivity index (χ0n) is 25.5. The standard InChI is InChI=1S/C32H35Cl3N6O4S/c1-3-39(4-2)31(43)36-21-9-11-23(12-10-21)46(44,45)41-29-20-28(35)27(34)19-25(29)32(30(41)42,24-7-5-6-8-26(24)33)37-40-18-17-38-15-13-22(40)14-16-38/h5-12,19-20,22,37H,3-4,13-18H2,1-2H3,(H,36,43). The summed E-state index contributed by atoms with van der Waals surface area (Å²) in [5.41, 5.74) is 3.01. The third-order valence-electron chi connectivity index (χ3n) is 9.11. The number of piperidine rings is 1. The van der Waals surface area contributed by atoms with Crippen LogP contribution in [0.4, 0.5) is 16.2 Å². The highest BCUT2D eigenvalue weighted by molar-refractivity contribution is 7.93. The molecule has 4 aliphatic heterocycles. The van der Waals surface area contributed by atoms with Crippen molar-refractivity contribution in [3.63, 3.8) is 0 Å². The molecule has 3 fully saturated rings. The lowest BCUT2D eigenvalue weighted by Gasteiger charge is -2.40. The molecule has 1 unspecified atom stereocenters. The van der Waals surface area contributed by atoms with Crippen LogP contribution in [0.5, 0.6) is 0 Å². The van der Waals surface area contributed by atoms with Gasteiger partial charge in [-0.05, 0) is 82.2 Å². The van der Waals surface area contributed by atoms with Gasteiger partial charge in [-0.3, -0.25) is 4.79 Å². The Balaban J connectivity index is 1.47. The number of carbonyl (C=O) groups excluding carboxylic acids is 2. The van der Waals surface area contributed by atoms with Crippen molar-refractivity contribution in [3.8, 4) is 0 Å². The Kier molecular flexibility index (Phi) is 9.30. The van der Waals surface area contributed by atoms with Gasteiger partial charge in [-0.15, -0.1) is 0 Å². The van der Waals surface area contributed by atoms with Crippen LogP contribution in [0.2, 0.25) is 15.1 Å². The minimum atomic E-state index is -4.50. The molecule has 4 heterocycles. The van der Waals surface area contributed by atoms with Crippen LogP contribution in [0.25, 0.3) is 0 Å². The number of nitrogens with one attached hydrogen (secondary N) is 2. The summed E-state index contributed by atoms with van der Waals surface area (Å²) in [6.45, 7) is 8.09. The Morgan fingerprint density at radius 3 is 2.20 bits per heavy atom. The molecule has 46 heavy (non-hydrogen) atoms. The van der Waals surface area contributed by atoms with Crippen LogP contribution in [0.15, 0.2) is 65.6 Å². The number of sulfonamides is 1. The quantitative estimate of drug-likeness (QED) is 0.306. The lowest BCUT2D eigenvalue weighted by atomic mass is 9.84. The molecule has 3 amide bonds. The number of fused-ring (bicyclic) bond motifs is 5. The molecule has 4 aliphatic rings. The zero-order valence-corrected chi connectivity index (χ0v) is 28.6. The van der Waals surface area contributed by atoms with Crippen LogP contribution in [0.1, 0.15) is 37.8 Å². The number of carbonyl (C=O) groups is 2. The Bertz CT molecular complexity index is 1760. The first kappa shape index (κ1) is 33.0. The first-order chi connectivity index (χ1) is 22.0. The van der Waals surface area contributed by atoms with Gasteiger partial charge in [-0.2, -0.15) is 0 Å². The summed E-state index contributed by atoms with van der Waals surface area (Å²) < 4.78 is 29.7. The molecular formula is C32H35Cl3N6O4S. The molecule has 14 heteroatoms. The maximum absolute atomic E-state index is 15.0. The van der Waals surface area contributed by atoms with Crippen LogP contribution >= 0.6 is 34.8 Å². The monoisotopic (exact) mass is 704 g/mol. The first-order valence-electron chi connectivity index (χ1n) is 15.3. The molecule has 7 rings (SSSR count). The fourth-order valence-corrected chi connectivity index (χ4v) is 8.65. The SMILES string of the molecule is CCN(CC)C(=O)Nc1ccc(S(=O)(=O)N2C(=O)C(NN3CCN4CCC3CC4)(c3ccccc3Cl)c3cc(Cl)c(Cl)cc32)cc1. The van der Waals surface area contributed by atoms with Crippen LogP contribution in [-0.2, 0) is 20.4 Å². The van der Waals surface area contributed by atoms with E-state index in [2.05, 4.69) is 20.7 Å². The summed E-state index contributed by atoms with van der Waals surface area (Å²) in [5.74, 6) is -0.757. The number of halogens is 3. The number of urea groups is 1. The Morgan fingerprint density at radius 2 is 1.54 bits per heavy atom. The van der Waals surface area contributed by atoms with Crippen LogP contribution < -0.4 is 15.0 Å². The second-order valence-electron chi connectivity index (χ2n) is 11.6. The Morgan fingerprint density at radius 1 is 0.891 bits per heavy atom. The highest BCUT2D eigenvalue weighted by Crippen LogP contribution is 2.51. The number of hydrogen-bond donors (Lipinski definition) is 2. The van der Waals surface area contributed by atoms with E-state index in [1.165, 1.54) is 30.3 Å². The smallest absolute Gasteiger partial charge is 0.321 e. The van der Waals surface area contributed by atoms with Crippen molar-refractivity contribution in [2.45, 2.75) is 43.2 Å². The normalized spacial score (nSPS) is 22.9. The van der Waals surface area contributed by atoms with Crippen molar-refractivity contribution in [1.82, 2.24) is 20.2 Å². The number of rotatable bonds is 8. The van der Waals surface area contributed by atoms with Gasteiger partial charge in [0.15, 0.2) is 5.54 Å². The predicted molar refractivity (Wildman–Crippen MR) is 181 cm³/mol. The lowest BCUT2D eigenvalue weighted by molar-refractivity contribution is -0.124. The second kappa shape index (κ2) is 13.0. The van der Waals surface area contributed by atoms with Crippen molar-refractivity contribution in [2.75, 3.05) is 48.9 Å². The highest BCUT2D eigenvalue weighted by atomic mass is 35.5. The Hall–Kier alpha value is -2.90. The molecule has 0 radical (unpaired) electrons. The molecule has 3 saturated heterocycles. The number of benzene rings is 3. The van der Waals surface area contributed by atoms with Gasteiger partial charge in [0.2, 0.25) is 0 Å². The molecule has 0 saturated carbocycles. The zero-order chi connectivity index (χ0) is 32.8. The summed E-state index contributed by atoms with van der Waals surface area (Å²) in [4.78, 5) is 31.4. The van der Waals surface area contributed by atoms with Crippen molar-refractivity contribution in [1.29, 1.82) is 0 Å². The fourth-order valence-electron chi connectivity index (χ4n) is 6.59. The largest absolute Gasteiger partial charge is 0.325 e. The highest BCUT2D eigenvalue weighted by Gasteiger charge is 2.58. The molecule has 3 aromatic carbocycles. The van der Waals surface area contributed by atoms with Gasteiger partial charge in [0, 0.05) is 54.1 Å². The van der Waals surface area contributed by atoms with Gasteiger partial charge in [0.25, 0.3) is 15.9 Å². The maximum atomic E-state index is 15.0. The number of hydrogen-bond acceptors (Lipinski definition) is 7. The van der Waals surface area contributed by atoms with E-state index in [1.54, 1.807) is 35.2 Å². The lowest BCUT2D eigenvalue weighted by Crippen LogP contribution is -2.61. The van der Waals surface area contributed by atoms with E-state index in [4.69, 9.17) is 34.8 Å². The molecule has 3 aromatic rings. The molecule has 10 nitrogen and oxygen atoms in total. The van der Waals surface area contributed by atoms with Crippen molar-refractivity contribution >= 4 is 68.1 Å². The van der Waals surface area contributed by atoms with Crippen molar-refractivity contribution in [3.05, 3.63) is 86.9 Å². The van der Waals surface area contributed by atoms with Gasteiger partial charge in [0.05, 0.1) is 20.6 Å². The van der Waals surface area contributed by atoms with Gasteiger partial charge in [-0.25, -0.2) is 28.0 Å². The van der Waals surface area contributed by atoms with E-state index in [0.29, 0.717) is 36.4 Å². The third-order valence-corrected chi connectivity index (χ3v) is 11.9. The summed E-state index contributed by atoms with van der Waals surface area (Å²) in [5, 5.41) is 5.39. The molecule has 0 aromatic heterocycles. The summed E-state index contributed by atoms with van der Waals surface area (Å²) in [6, 6.07) is 15.4. The van der Waals surface area contributed by atoms with Crippen molar-refractivity contribution < 1.29 is 18.0 Å². The minimum Gasteiger partial charge on any atom is -0.325 e. The molecule has 1 atom stereocenters. The average molecular weight is 706 g/mol. The summed E-state index contributed by atoms with van der Waals surface area (Å²) >= 11 is 19.9. The molecular weight excluding hydrogens is 671 g/mol. The second-order valence-corrected chi connectivity index (χ2v) is 14.6. The van der Waals surface area contributed by atoms with Crippen LogP contribution in [0, 0.1) is 0 Å². The molecule has 0 aliphatic carbocycles.